The van der Waals surface area contributed by atoms with Crippen molar-refractivity contribution in [2.45, 2.75) is 6.43 Å². The van der Waals surface area contributed by atoms with Gasteiger partial charge in [0.2, 0.25) is 0 Å². The second kappa shape index (κ2) is 4.18. The summed E-state index contributed by atoms with van der Waals surface area (Å²) in [4.78, 5) is 11.2. The molecule has 1 heterocycles. The molecule has 0 aliphatic carbocycles. The minimum atomic E-state index is -2.56. The smallest absolute Gasteiger partial charge is 0.261 e. The van der Waals surface area contributed by atoms with Crippen LogP contribution in [0, 0.1) is 0 Å². The lowest BCUT2D eigenvalue weighted by Gasteiger charge is -2.00. The molecule has 0 fully saturated rings. The van der Waals surface area contributed by atoms with Gasteiger partial charge < -0.3 is 10.4 Å². The Kier molecular flexibility index (Phi) is 3.18. The van der Waals surface area contributed by atoms with E-state index in [1.807, 2.05) is 5.32 Å². The van der Waals surface area contributed by atoms with E-state index in [-0.39, 0.29) is 10.6 Å². The molecule has 13 heavy (non-hydrogen) atoms. The van der Waals surface area contributed by atoms with E-state index >= 15 is 0 Å². The number of aromatic hydroxyl groups is 1. The molecule has 0 atom stereocenters. The summed E-state index contributed by atoms with van der Waals surface area (Å²) in [5, 5.41) is 12.2. The first-order valence-electron chi connectivity index (χ1n) is 3.43. The van der Waals surface area contributed by atoms with Gasteiger partial charge in [-0.25, -0.2) is 8.78 Å². The lowest BCUT2D eigenvalue weighted by Crippen LogP contribution is -2.27. The summed E-state index contributed by atoms with van der Waals surface area (Å²) in [6, 6.07) is 1.23. The highest BCUT2D eigenvalue weighted by Crippen LogP contribution is 2.19. The zero-order valence-electron chi connectivity index (χ0n) is 6.46. The number of carbonyl (C=O) groups is 1. The highest BCUT2D eigenvalue weighted by Gasteiger charge is 2.10. The number of rotatable bonds is 3. The number of halogens is 2. The van der Waals surface area contributed by atoms with Crippen molar-refractivity contribution in [1.82, 2.24) is 5.32 Å². The molecular weight excluding hydrogens is 200 g/mol. The van der Waals surface area contributed by atoms with E-state index in [1.165, 1.54) is 11.4 Å². The Labute approximate surface area is 77.0 Å². The van der Waals surface area contributed by atoms with Crippen LogP contribution in [0.5, 0.6) is 5.75 Å². The van der Waals surface area contributed by atoms with Crippen LogP contribution in [-0.2, 0) is 0 Å². The van der Waals surface area contributed by atoms with Crippen molar-refractivity contribution in [2.75, 3.05) is 6.54 Å². The SMILES string of the molecule is O=C(NCC(F)F)c1cc(O)cs1. The average molecular weight is 207 g/mol. The van der Waals surface area contributed by atoms with Gasteiger partial charge in [-0.1, -0.05) is 0 Å². The largest absolute Gasteiger partial charge is 0.507 e. The second-order valence-corrected chi connectivity index (χ2v) is 3.18. The first kappa shape index (κ1) is 9.91. The fourth-order valence-corrected chi connectivity index (χ4v) is 1.39. The third kappa shape index (κ3) is 2.98. The van der Waals surface area contributed by atoms with E-state index < -0.39 is 18.9 Å². The highest BCUT2D eigenvalue weighted by atomic mass is 32.1. The van der Waals surface area contributed by atoms with Crippen LogP contribution in [0.15, 0.2) is 11.4 Å². The van der Waals surface area contributed by atoms with Crippen LogP contribution in [0.4, 0.5) is 8.78 Å². The molecule has 0 aliphatic rings. The number of carbonyl (C=O) groups excluding carboxylic acids is 1. The summed E-state index contributed by atoms with van der Waals surface area (Å²) in [5.74, 6) is -0.627. The molecule has 0 saturated carbocycles. The lowest BCUT2D eigenvalue weighted by molar-refractivity contribution is 0.0895. The van der Waals surface area contributed by atoms with Gasteiger partial charge in [0, 0.05) is 11.4 Å². The summed E-state index contributed by atoms with van der Waals surface area (Å²) in [6.45, 7) is -0.669. The van der Waals surface area contributed by atoms with Crippen LogP contribution in [0.1, 0.15) is 9.67 Å². The Hall–Kier alpha value is -1.17. The normalized spacial score (nSPS) is 10.4. The topological polar surface area (TPSA) is 49.3 Å². The number of amides is 1. The molecule has 1 amide bonds. The zero-order chi connectivity index (χ0) is 9.84. The van der Waals surface area contributed by atoms with Crippen molar-refractivity contribution >= 4 is 17.2 Å². The van der Waals surface area contributed by atoms with Crippen LogP contribution in [0.2, 0.25) is 0 Å². The van der Waals surface area contributed by atoms with Crippen LogP contribution in [0.3, 0.4) is 0 Å². The number of nitrogens with one attached hydrogen (secondary N) is 1. The van der Waals surface area contributed by atoms with Gasteiger partial charge in [-0.15, -0.1) is 11.3 Å². The van der Waals surface area contributed by atoms with E-state index in [0.29, 0.717) is 0 Å². The van der Waals surface area contributed by atoms with Gasteiger partial charge in [0.15, 0.2) is 0 Å². The Morgan fingerprint density at radius 2 is 2.38 bits per heavy atom. The third-order valence-electron chi connectivity index (χ3n) is 1.23. The van der Waals surface area contributed by atoms with Gasteiger partial charge >= 0.3 is 0 Å². The number of hydrogen-bond acceptors (Lipinski definition) is 3. The van der Waals surface area contributed by atoms with Crippen molar-refractivity contribution in [2.24, 2.45) is 0 Å². The first-order chi connectivity index (χ1) is 6.09. The van der Waals surface area contributed by atoms with Gasteiger partial charge in [-0.3, -0.25) is 4.79 Å². The van der Waals surface area contributed by atoms with Crippen molar-refractivity contribution in [3.8, 4) is 5.75 Å². The molecule has 0 unspecified atom stereocenters. The Bertz CT molecular complexity index is 300. The minimum absolute atomic E-state index is 0.0350. The predicted octanol–water partition coefficient (Wildman–Crippen LogP) is 1.45. The quantitative estimate of drug-likeness (QED) is 0.788. The molecule has 2 N–H and O–H groups in total. The number of alkyl halides is 2. The van der Waals surface area contributed by atoms with Crippen molar-refractivity contribution < 1.29 is 18.7 Å². The molecule has 0 spiro atoms. The van der Waals surface area contributed by atoms with E-state index in [4.69, 9.17) is 5.11 Å². The van der Waals surface area contributed by atoms with E-state index in [1.54, 1.807) is 0 Å². The predicted molar refractivity (Wildman–Crippen MR) is 44.3 cm³/mol. The van der Waals surface area contributed by atoms with Crippen LogP contribution >= 0.6 is 11.3 Å². The molecule has 1 rings (SSSR count). The summed E-state index contributed by atoms with van der Waals surface area (Å²) < 4.78 is 23.3. The summed E-state index contributed by atoms with van der Waals surface area (Å²) in [5.41, 5.74) is 0. The van der Waals surface area contributed by atoms with Gasteiger partial charge in [-0.2, -0.15) is 0 Å². The molecule has 0 aromatic carbocycles. The van der Waals surface area contributed by atoms with Gasteiger partial charge in [-0.05, 0) is 0 Å². The Morgan fingerprint density at radius 1 is 1.69 bits per heavy atom. The first-order valence-corrected chi connectivity index (χ1v) is 4.31. The molecule has 6 heteroatoms. The van der Waals surface area contributed by atoms with Gasteiger partial charge in [0.05, 0.1) is 11.4 Å². The fraction of sp³-hybridized carbons (Fsp3) is 0.286. The van der Waals surface area contributed by atoms with Gasteiger partial charge in [0.1, 0.15) is 5.75 Å². The fourth-order valence-electron chi connectivity index (χ4n) is 0.702. The van der Waals surface area contributed by atoms with E-state index in [0.717, 1.165) is 11.3 Å². The summed E-state index contributed by atoms with van der Waals surface area (Å²) in [6.07, 6.45) is -2.56. The third-order valence-corrected chi connectivity index (χ3v) is 2.14. The molecule has 0 saturated heterocycles. The maximum Gasteiger partial charge on any atom is 0.261 e. The van der Waals surface area contributed by atoms with Crippen molar-refractivity contribution in [3.63, 3.8) is 0 Å². The van der Waals surface area contributed by atoms with Crippen molar-refractivity contribution in [1.29, 1.82) is 0 Å². The molecule has 72 valence electrons. The maximum atomic E-state index is 11.7. The molecule has 0 aliphatic heterocycles. The van der Waals surface area contributed by atoms with Gasteiger partial charge in [0.25, 0.3) is 12.3 Å². The Morgan fingerprint density at radius 3 is 2.85 bits per heavy atom. The monoisotopic (exact) mass is 207 g/mol. The molecule has 3 nitrogen and oxygen atoms in total. The summed E-state index contributed by atoms with van der Waals surface area (Å²) in [7, 11) is 0. The molecule has 1 aromatic rings. The van der Waals surface area contributed by atoms with Crippen LogP contribution < -0.4 is 5.32 Å². The molecular formula is C7H7F2NO2S. The minimum Gasteiger partial charge on any atom is -0.507 e. The average Bonchev–Trinajstić information content (AvgIpc) is 2.47. The molecule has 0 bridgehead atoms. The Balaban J connectivity index is 2.49. The van der Waals surface area contributed by atoms with E-state index in [9.17, 15) is 13.6 Å². The molecule has 0 radical (unpaired) electrons. The van der Waals surface area contributed by atoms with Crippen LogP contribution in [0.25, 0.3) is 0 Å². The van der Waals surface area contributed by atoms with Crippen molar-refractivity contribution in [3.05, 3.63) is 16.3 Å². The number of hydrogen-bond donors (Lipinski definition) is 2. The number of thiophene rings is 1. The zero-order valence-corrected chi connectivity index (χ0v) is 7.28. The standard InChI is InChI=1S/C7H7F2NO2S/c8-6(9)2-10-7(12)5-1-4(11)3-13-5/h1,3,6,11H,2H2,(H,10,12). The summed E-state index contributed by atoms with van der Waals surface area (Å²) >= 11 is 1.00. The maximum absolute atomic E-state index is 11.7. The van der Waals surface area contributed by atoms with Crippen LogP contribution in [-0.4, -0.2) is 24.0 Å². The second-order valence-electron chi connectivity index (χ2n) is 2.27. The highest BCUT2D eigenvalue weighted by molar-refractivity contribution is 7.12. The lowest BCUT2D eigenvalue weighted by atomic mass is 10.4. The molecule has 1 aromatic heterocycles. The van der Waals surface area contributed by atoms with E-state index in [2.05, 4.69) is 0 Å².